The second-order valence-electron chi connectivity index (χ2n) is 3.36. The van der Waals surface area contributed by atoms with Crippen LogP contribution in [0.5, 0.6) is 0 Å². The van der Waals surface area contributed by atoms with Gasteiger partial charge in [0, 0.05) is 5.92 Å². The Balaban J connectivity index is 2.63. The van der Waals surface area contributed by atoms with Crippen LogP contribution in [0.25, 0.3) is 0 Å². The molecule has 56 valence electrons. The van der Waals surface area contributed by atoms with Crippen LogP contribution in [-0.4, -0.2) is 6.29 Å². The van der Waals surface area contributed by atoms with E-state index in [0.29, 0.717) is 5.92 Å². The molecule has 0 aromatic heterocycles. The fraction of sp³-hybridized carbons (Fsp3) is 0.667. The van der Waals surface area contributed by atoms with E-state index in [1.165, 1.54) is 12.0 Å². The summed E-state index contributed by atoms with van der Waals surface area (Å²) < 4.78 is 0. The van der Waals surface area contributed by atoms with Crippen molar-refractivity contribution in [2.24, 2.45) is 11.8 Å². The molecule has 2 unspecified atom stereocenters. The van der Waals surface area contributed by atoms with E-state index in [-0.39, 0.29) is 5.92 Å². The summed E-state index contributed by atoms with van der Waals surface area (Å²) in [6.45, 7) is 4.30. The summed E-state index contributed by atoms with van der Waals surface area (Å²) in [6, 6.07) is 0. The number of allylic oxidation sites excluding steroid dienone is 2. The van der Waals surface area contributed by atoms with Gasteiger partial charge in [-0.3, -0.25) is 0 Å². The Kier molecular flexibility index (Phi) is 2.25. The molecule has 0 aromatic carbocycles. The Morgan fingerprint density at radius 3 is 2.90 bits per heavy atom. The van der Waals surface area contributed by atoms with Crippen molar-refractivity contribution in [2.75, 3.05) is 0 Å². The van der Waals surface area contributed by atoms with Crippen LogP contribution < -0.4 is 0 Å². The minimum absolute atomic E-state index is 0.198. The highest BCUT2D eigenvalue weighted by molar-refractivity contribution is 5.57. The fourth-order valence-electron chi connectivity index (χ4n) is 1.69. The van der Waals surface area contributed by atoms with E-state index in [4.69, 9.17) is 0 Å². The van der Waals surface area contributed by atoms with E-state index in [0.717, 1.165) is 12.7 Å². The second-order valence-corrected chi connectivity index (χ2v) is 3.36. The molecule has 0 radical (unpaired) electrons. The van der Waals surface area contributed by atoms with Crippen molar-refractivity contribution in [3.8, 4) is 0 Å². The maximum absolute atomic E-state index is 10.4. The van der Waals surface area contributed by atoms with E-state index < -0.39 is 0 Å². The lowest BCUT2D eigenvalue weighted by molar-refractivity contribution is -0.110. The average molecular weight is 138 g/mol. The van der Waals surface area contributed by atoms with Gasteiger partial charge in [-0.2, -0.15) is 0 Å². The lowest BCUT2D eigenvalue weighted by Crippen LogP contribution is -2.11. The van der Waals surface area contributed by atoms with Gasteiger partial charge in [-0.1, -0.05) is 18.6 Å². The van der Waals surface area contributed by atoms with Crippen molar-refractivity contribution >= 4 is 6.29 Å². The maximum atomic E-state index is 10.4. The number of hydrogen-bond acceptors (Lipinski definition) is 1. The van der Waals surface area contributed by atoms with Gasteiger partial charge in [0.2, 0.25) is 0 Å². The molecule has 1 nitrogen and oxygen atoms in total. The van der Waals surface area contributed by atoms with Crippen LogP contribution in [0.4, 0.5) is 0 Å². The van der Waals surface area contributed by atoms with E-state index in [1.54, 1.807) is 0 Å². The SMILES string of the molecule is CC1=CC(C=O)CC(C)C1. The molecule has 0 heterocycles. The first kappa shape index (κ1) is 7.52. The van der Waals surface area contributed by atoms with Crippen LogP contribution in [0.15, 0.2) is 11.6 Å². The molecule has 0 saturated carbocycles. The fourth-order valence-corrected chi connectivity index (χ4v) is 1.69. The lowest BCUT2D eigenvalue weighted by atomic mass is 9.85. The van der Waals surface area contributed by atoms with Gasteiger partial charge in [0.25, 0.3) is 0 Å². The first-order valence-corrected chi connectivity index (χ1v) is 3.85. The zero-order valence-corrected chi connectivity index (χ0v) is 6.63. The van der Waals surface area contributed by atoms with E-state index in [9.17, 15) is 4.79 Å². The number of hydrogen-bond donors (Lipinski definition) is 0. The summed E-state index contributed by atoms with van der Waals surface area (Å²) >= 11 is 0. The second kappa shape index (κ2) is 3.00. The topological polar surface area (TPSA) is 17.1 Å². The number of aldehydes is 1. The summed E-state index contributed by atoms with van der Waals surface area (Å²) in [5.74, 6) is 0.893. The summed E-state index contributed by atoms with van der Waals surface area (Å²) in [5, 5.41) is 0. The molecule has 1 rings (SSSR count). The molecule has 2 atom stereocenters. The van der Waals surface area contributed by atoms with Gasteiger partial charge >= 0.3 is 0 Å². The molecule has 0 bridgehead atoms. The molecular formula is C9H14O. The van der Waals surface area contributed by atoms with Gasteiger partial charge in [0.1, 0.15) is 6.29 Å². The first-order valence-electron chi connectivity index (χ1n) is 3.85. The molecule has 0 fully saturated rings. The molecule has 0 aromatic rings. The average Bonchev–Trinajstić information content (AvgIpc) is 1.85. The normalized spacial score (nSPS) is 33.2. The Morgan fingerprint density at radius 1 is 1.70 bits per heavy atom. The molecule has 1 aliphatic carbocycles. The third-order valence-corrected chi connectivity index (χ3v) is 2.02. The molecular weight excluding hydrogens is 124 g/mol. The standard InChI is InChI=1S/C9H14O/c1-7-3-8(2)5-9(4-7)6-10/h4,6,8-9H,3,5H2,1-2H3. The lowest BCUT2D eigenvalue weighted by Gasteiger charge is -2.20. The van der Waals surface area contributed by atoms with E-state index in [1.807, 2.05) is 0 Å². The predicted molar refractivity (Wildman–Crippen MR) is 41.7 cm³/mol. The highest BCUT2D eigenvalue weighted by atomic mass is 16.1. The Hall–Kier alpha value is -0.590. The maximum Gasteiger partial charge on any atom is 0.126 e. The van der Waals surface area contributed by atoms with Gasteiger partial charge in [-0.05, 0) is 25.7 Å². The zero-order chi connectivity index (χ0) is 7.56. The van der Waals surface area contributed by atoms with Gasteiger partial charge in [0.15, 0.2) is 0 Å². The van der Waals surface area contributed by atoms with Crippen LogP contribution in [-0.2, 0) is 4.79 Å². The van der Waals surface area contributed by atoms with E-state index >= 15 is 0 Å². The minimum Gasteiger partial charge on any atom is -0.303 e. The Bertz CT molecular complexity index is 158. The van der Waals surface area contributed by atoms with Crippen molar-refractivity contribution < 1.29 is 4.79 Å². The Morgan fingerprint density at radius 2 is 2.40 bits per heavy atom. The molecule has 0 N–H and O–H groups in total. The van der Waals surface area contributed by atoms with Crippen LogP contribution in [0.2, 0.25) is 0 Å². The molecule has 10 heavy (non-hydrogen) atoms. The number of carbonyl (C=O) groups is 1. The van der Waals surface area contributed by atoms with Crippen LogP contribution >= 0.6 is 0 Å². The molecule has 0 amide bonds. The van der Waals surface area contributed by atoms with Crippen LogP contribution in [0.3, 0.4) is 0 Å². The van der Waals surface area contributed by atoms with Crippen molar-refractivity contribution in [1.29, 1.82) is 0 Å². The summed E-state index contributed by atoms with van der Waals surface area (Å²) in [5.41, 5.74) is 1.37. The van der Waals surface area contributed by atoms with Crippen molar-refractivity contribution in [3.63, 3.8) is 0 Å². The summed E-state index contributed by atoms with van der Waals surface area (Å²) in [6.07, 6.45) is 5.36. The van der Waals surface area contributed by atoms with Crippen molar-refractivity contribution in [1.82, 2.24) is 0 Å². The van der Waals surface area contributed by atoms with Gasteiger partial charge in [-0.15, -0.1) is 0 Å². The molecule has 0 aliphatic heterocycles. The van der Waals surface area contributed by atoms with Crippen molar-refractivity contribution in [3.05, 3.63) is 11.6 Å². The van der Waals surface area contributed by atoms with Crippen LogP contribution in [0, 0.1) is 11.8 Å². The highest BCUT2D eigenvalue weighted by Gasteiger charge is 2.15. The molecule has 0 spiro atoms. The minimum atomic E-state index is 0.198. The highest BCUT2D eigenvalue weighted by Crippen LogP contribution is 2.25. The molecule has 0 saturated heterocycles. The van der Waals surface area contributed by atoms with Gasteiger partial charge in [0.05, 0.1) is 0 Å². The van der Waals surface area contributed by atoms with Gasteiger partial charge in [-0.25, -0.2) is 0 Å². The smallest absolute Gasteiger partial charge is 0.126 e. The van der Waals surface area contributed by atoms with Crippen LogP contribution in [0.1, 0.15) is 26.7 Å². The van der Waals surface area contributed by atoms with Crippen molar-refractivity contribution in [2.45, 2.75) is 26.7 Å². The number of carbonyl (C=O) groups excluding carboxylic acids is 1. The predicted octanol–water partition coefficient (Wildman–Crippen LogP) is 2.18. The van der Waals surface area contributed by atoms with Gasteiger partial charge < -0.3 is 4.79 Å². The largest absolute Gasteiger partial charge is 0.303 e. The third kappa shape index (κ3) is 1.69. The Labute approximate surface area is 62.1 Å². The number of rotatable bonds is 1. The zero-order valence-electron chi connectivity index (χ0n) is 6.63. The third-order valence-electron chi connectivity index (χ3n) is 2.02. The molecule has 1 aliphatic rings. The summed E-state index contributed by atoms with van der Waals surface area (Å²) in [7, 11) is 0. The monoisotopic (exact) mass is 138 g/mol. The van der Waals surface area contributed by atoms with E-state index in [2.05, 4.69) is 19.9 Å². The molecule has 1 heteroatoms. The summed E-state index contributed by atoms with van der Waals surface area (Å²) in [4.78, 5) is 10.4. The first-order chi connectivity index (χ1) is 4.72. The quantitative estimate of drug-likeness (QED) is 0.401.